The van der Waals surface area contributed by atoms with E-state index >= 15 is 0 Å². The van der Waals surface area contributed by atoms with Gasteiger partial charge in [-0.05, 0) is 6.42 Å². The van der Waals surface area contributed by atoms with Gasteiger partial charge in [-0.2, -0.15) is 0 Å². The first-order chi connectivity index (χ1) is 8.68. The van der Waals surface area contributed by atoms with Gasteiger partial charge in [-0.15, -0.1) is 23.2 Å². The van der Waals surface area contributed by atoms with Crippen LogP contribution in [-0.4, -0.2) is 17.4 Å². The maximum Gasteiger partial charge on any atom is 0.116 e. The molecule has 0 saturated carbocycles. The van der Waals surface area contributed by atoms with Gasteiger partial charge in [-0.1, -0.05) is 64.7 Å². The van der Waals surface area contributed by atoms with Crippen LogP contribution in [0.5, 0.6) is 0 Å². The highest BCUT2D eigenvalue weighted by molar-refractivity contribution is 7.66. The van der Waals surface area contributed by atoms with Gasteiger partial charge in [-0.25, -0.2) is 0 Å². The molecule has 0 radical (unpaired) electrons. The van der Waals surface area contributed by atoms with Crippen LogP contribution in [0.15, 0.2) is 0 Å². The Bertz CT molecular complexity index is 214. The normalized spacial score (nSPS) is 11.9. The van der Waals surface area contributed by atoms with Crippen molar-refractivity contribution in [2.24, 2.45) is 0 Å². The second kappa shape index (κ2) is 12.8. The molecule has 0 rings (SSSR count). The molecule has 0 aliphatic heterocycles. The molecule has 0 spiro atoms. The molecule has 4 heteroatoms. The van der Waals surface area contributed by atoms with Gasteiger partial charge < -0.3 is 4.57 Å². The Morgan fingerprint density at radius 2 is 1.11 bits per heavy atom. The van der Waals surface area contributed by atoms with Crippen LogP contribution in [0.4, 0.5) is 0 Å². The molecule has 0 aliphatic carbocycles. The van der Waals surface area contributed by atoms with Gasteiger partial charge in [0, 0.05) is 6.16 Å². The molecular weight excluding hydrogens is 286 g/mol. The summed E-state index contributed by atoms with van der Waals surface area (Å²) in [7, 11) is -2.22. The quantitative estimate of drug-likeness (QED) is 0.211. The number of hydrogen-bond donors (Lipinski definition) is 0. The van der Waals surface area contributed by atoms with Crippen molar-refractivity contribution in [3.05, 3.63) is 0 Å². The Morgan fingerprint density at radius 1 is 0.722 bits per heavy atom. The third kappa shape index (κ3) is 10.7. The fourth-order valence-corrected chi connectivity index (χ4v) is 4.63. The molecule has 0 amide bonds. The fourth-order valence-electron chi connectivity index (χ4n) is 2.04. The zero-order chi connectivity index (χ0) is 13.7. The summed E-state index contributed by atoms with van der Waals surface area (Å²) in [5.41, 5.74) is 0.488. The van der Waals surface area contributed by atoms with E-state index in [2.05, 4.69) is 6.92 Å². The highest BCUT2D eigenvalue weighted by atomic mass is 35.5. The molecule has 0 aromatic heterocycles. The molecule has 0 fully saturated rings. The summed E-state index contributed by atoms with van der Waals surface area (Å²) in [6.07, 6.45) is 13.7. The first kappa shape index (κ1) is 18.8. The Hall–Kier alpha value is 0.810. The van der Waals surface area contributed by atoms with Crippen LogP contribution >= 0.6 is 30.3 Å². The van der Waals surface area contributed by atoms with Gasteiger partial charge in [-0.3, -0.25) is 0 Å². The standard InChI is InChI=1S/C14H29Cl2OP/c1-2-3-4-5-6-7-8-9-10-11-12-18(17,13-15)14-16/h2-14H2,1H3. The summed E-state index contributed by atoms with van der Waals surface area (Å²) in [6.45, 7) is 2.25. The summed E-state index contributed by atoms with van der Waals surface area (Å²) in [5, 5.41) is 0. The molecule has 18 heavy (non-hydrogen) atoms. The van der Waals surface area contributed by atoms with Gasteiger partial charge in [0.25, 0.3) is 0 Å². The molecule has 0 aromatic carbocycles. The van der Waals surface area contributed by atoms with Crippen LogP contribution in [0.1, 0.15) is 71.1 Å². The van der Waals surface area contributed by atoms with Gasteiger partial charge in [0.2, 0.25) is 0 Å². The van der Waals surface area contributed by atoms with Crippen molar-refractivity contribution in [2.75, 3.05) is 17.4 Å². The molecular formula is C14H29Cl2OP. The lowest BCUT2D eigenvalue weighted by atomic mass is 10.1. The average Bonchev–Trinajstić information content (AvgIpc) is 2.40. The topological polar surface area (TPSA) is 17.1 Å². The summed E-state index contributed by atoms with van der Waals surface area (Å²) in [4.78, 5) is 0. The Kier molecular flexibility index (Phi) is 13.4. The SMILES string of the molecule is CCCCCCCCCCCCP(=O)(CCl)CCl. The number of hydrogen-bond acceptors (Lipinski definition) is 1. The van der Waals surface area contributed by atoms with Gasteiger partial charge >= 0.3 is 0 Å². The van der Waals surface area contributed by atoms with Crippen molar-refractivity contribution in [1.82, 2.24) is 0 Å². The summed E-state index contributed by atoms with van der Waals surface area (Å²) in [5.74, 6) is 0. The molecule has 1 nitrogen and oxygen atoms in total. The molecule has 0 unspecified atom stereocenters. The lowest BCUT2D eigenvalue weighted by molar-refractivity contribution is 0.557. The van der Waals surface area contributed by atoms with Crippen LogP contribution < -0.4 is 0 Å². The van der Waals surface area contributed by atoms with Crippen LogP contribution in [0.3, 0.4) is 0 Å². The molecule has 0 heterocycles. The van der Waals surface area contributed by atoms with Crippen LogP contribution in [-0.2, 0) is 4.57 Å². The highest BCUT2D eigenvalue weighted by Gasteiger charge is 2.18. The third-order valence-corrected chi connectivity index (χ3v) is 7.97. The maximum absolute atomic E-state index is 11.9. The number of rotatable bonds is 13. The Morgan fingerprint density at radius 3 is 1.50 bits per heavy atom. The van der Waals surface area contributed by atoms with Crippen molar-refractivity contribution in [1.29, 1.82) is 0 Å². The van der Waals surface area contributed by atoms with Crippen molar-refractivity contribution in [3.8, 4) is 0 Å². The van der Waals surface area contributed by atoms with E-state index in [1.165, 1.54) is 57.8 Å². The van der Waals surface area contributed by atoms with Gasteiger partial charge in [0.05, 0.1) is 11.2 Å². The Balaban J connectivity index is 3.23. The summed E-state index contributed by atoms with van der Waals surface area (Å²) in [6, 6.07) is 0. The summed E-state index contributed by atoms with van der Waals surface area (Å²) < 4.78 is 11.9. The summed E-state index contributed by atoms with van der Waals surface area (Å²) >= 11 is 11.4. The van der Waals surface area contributed by atoms with E-state index in [9.17, 15) is 4.57 Å². The molecule has 0 aliphatic rings. The van der Waals surface area contributed by atoms with E-state index in [4.69, 9.17) is 23.2 Å². The van der Waals surface area contributed by atoms with Crippen LogP contribution in [0, 0.1) is 0 Å². The molecule has 0 N–H and O–H groups in total. The van der Waals surface area contributed by atoms with Crippen molar-refractivity contribution in [3.63, 3.8) is 0 Å². The zero-order valence-electron chi connectivity index (χ0n) is 11.8. The van der Waals surface area contributed by atoms with Gasteiger partial charge in [0.15, 0.2) is 0 Å². The van der Waals surface area contributed by atoms with Crippen LogP contribution in [0.25, 0.3) is 0 Å². The molecule has 110 valence electrons. The average molecular weight is 315 g/mol. The predicted octanol–water partition coefficient (Wildman–Crippen LogP) is 6.66. The van der Waals surface area contributed by atoms with Crippen molar-refractivity contribution >= 4 is 30.3 Å². The van der Waals surface area contributed by atoms with E-state index in [0.29, 0.717) is 0 Å². The first-order valence-electron chi connectivity index (χ1n) is 7.37. The lowest BCUT2D eigenvalue weighted by Crippen LogP contribution is -1.93. The second-order valence-corrected chi connectivity index (χ2v) is 9.68. The minimum Gasteiger partial charge on any atom is -0.321 e. The molecule has 0 saturated heterocycles. The second-order valence-electron chi connectivity index (χ2n) is 5.20. The molecule has 0 atom stereocenters. The van der Waals surface area contributed by atoms with E-state index < -0.39 is 7.14 Å². The highest BCUT2D eigenvalue weighted by Crippen LogP contribution is 2.48. The first-order valence-corrected chi connectivity index (χ1v) is 10.7. The lowest BCUT2D eigenvalue weighted by Gasteiger charge is -2.11. The van der Waals surface area contributed by atoms with E-state index in [1.54, 1.807) is 0 Å². The number of halogens is 2. The molecule has 0 bridgehead atoms. The van der Waals surface area contributed by atoms with Crippen molar-refractivity contribution in [2.45, 2.75) is 71.1 Å². The van der Waals surface area contributed by atoms with E-state index in [0.717, 1.165) is 12.6 Å². The van der Waals surface area contributed by atoms with Crippen molar-refractivity contribution < 1.29 is 4.57 Å². The largest absolute Gasteiger partial charge is 0.321 e. The third-order valence-electron chi connectivity index (χ3n) is 3.35. The number of unbranched alkanes of at least 4 members (excludes halogenated alkanes) is 9. The predicted molar refractivity (Wildman–Crippen MR) is 85.8 cm³/mol. The fraction of sp³-hybridized carbons (Fsp3) is 1.00. The van der Waals surface area contributed by atoms with Crippen LogP contribution in [0.2, 0.25) is 0 Å². The zero-order valence-corrected chi connectivity index (χ0v) is 14.2. The minimum absolute atomic E-state index is 0.244. The van der Waals surface area contributed by atoms with E-state index in [-0.39, 0.29) is 11.2 Å². The van der Waals surface area contributed by atoms with Gasteiger partial charge in [0.1, 0.15) is 7.14 Å². The minimum atomic E-state index is -2.22. The maximum atomic E-state index is 11.9. The monoisotopic (exact) mass is 314 g/mol. The van der Waals surface area contributed by atoms with E-state index in [1.807, 2.05) is 0 Å². The number of alkyl halides is 2. The molecule has 0 aromatic rings. The smallest absolute Gasteiger partial charge is 0.116 e. The Labute approximate surface area is 123 Å².